The Morgan fingerprint density at radius 1 is 1.25 bits per heavy atom. The largest absolute Gasteiger partial charge is 0.493 e. The van der Waals surface area contributed by atoms with Gasteiger partial charge >= 0.3 is 0 Å². The second-order valence-electron chi connectivity index (χ2n) is 5.62. The van der Waals surface area contributed by atoms with E-state index >= 15 is 0 Å². The molecule has 0 bridgehead atoms. The predicted molar refractivity (Wildman–Crippen MR) is 94.0 cm³/mol. The number of sulfone groups is 1. The van der Waals surface area contributed by atoms with Gasteiger partial charge in [0.2, 0.25) is 5.91 Å². The van der Waals surface area contributed by atoms with Crippen molar-refractivity contribution in [2.24, 2.45) is 4.99 Å². The summed E-state index contributed by atoms with van der Waals surface area (Å²) >= 11 is 1.34. The number of carbonyl (C=O) groups is 1. The van der Waals surface area contributed by atoms with E-state index in [4.69, 9.17) is 9.47 Å². The lowest BCUT2D eigenvalue weighted by Gasteiger charge is -2.25. The summed E-state index contributed by atoms with van der Waals surface area (Å²) in [6, 6.07) is 5.09. The van der Waals surface area contributed by atoms with Gasteiger partial charge in [0.25, 0.3) is 0 Å². The highest BCUT2D eigenvalue weighted by Gasteiger charge is 2.49. The molecule has 2 aliphatic heterocycles. The molecule has 9 heteroatoms. The third-order valence-corrected chi connectivity index (χ3v) is 7.17. The topological polar surface area (TPSA) is 85.3 Å². The summed E-state index contributed by atoms with van der Waals surface area (Å²) in [4.78, 5) is 17.3. The molecule has 130 valence electrons. The summed E-state index contributed by atoms with van der Waals surface area (Å²) < 4.78 is 34.5. The third-order valence-electron chi connectivity index (χ3n) is 3.96. The molecule has 1 aromatic rings. The van der Waals surface area contributed by atoms with Crippen molar-refractivity contribution in [1.29, 1.82) is 0 Å². The number of fused-ring (bicyclic) bond motifs is 1. The fourth-order valence-electron chi connectivity index (χ4n) is 2.98. The number of benzene rings is 1. The molecule has 7 nitrogen and oxygen atoms in total. The number of aliphatic imine (C=N–C) groups is 1. The van der Waals surface area contributed by atoms with E-state index in [1.165, 1.54) is 25.8 Å². The number of amidine groups is 1. The number of amides is 1. The van der Waals surface area contributed by atoms with Gasteiger partial charge in [-0.05, 0) is 12.1 Å². The molecule has 0 spiro atoms. The fraction of sp³-hybridized carbons (Fsp3) is 0.467. The van der Waals surface area contributed by atoms with E-state index in [9.17, 15) is 13.2 Å². The fourth-order valence-corrected chi connectivity index (χ4v) is 6.93. The van der Waals surface area contributed by atoms with Gasteiger partial charge in [0.1, 0.15) is 0 Å². The van der Waals surface area contributed by atoms with E-state index < -0.39 is 9.84 Å². The molecule has 3 rings (SSSR count). The summed E-state index contributed by atoms with van der Waals surface area (Å²) in [5, 5.41) is 0.404. The molecule has 0 unspecified atom stereocenters. The average Bonchev–Trinajstić information content (AvgIpc) is 2.96. The molecule has 24 heavy (non-hydrogen) atoms. The van der Waals surface area contributed by atoms with Crippen LogP contribution in [0.1, 0.15) is 6.92 Å². The van der Waals surface area contributed by atoms with Crippen molar-refractivity contribution in [2.45, 2.75) is 18.2 Å². The molecule has 2 saturated heterocycles. The molecule has 0 saturated carbocycles. The van der Waals surface area contributed by atoms with Crippen LogP contribution in [-0.4, -0.2) is 56.5 Å². The number of nitrogens with zero attached hydrogens (tertiary/aromatic N) is 2. The van der Waals surface area contributed by atoms with Gasteiger partial charge in [-0.2, -0.15) is 4.99 Å². The van der Waals surface area contributed by atoms with Gasteiger partial charge in [-0.15, -0.1) is 0 Å². The van der Waals surface area contributed by atoms with Crippen LogP contribution >= 0.6 is 11.8 Å². The smallest absolute Gasteiger partial charge is 0.244 e. The number of hydrogen-bond donors (Lipinski definition) is 0. The lowest BCUT2D eigenvalue weighted by Crippen LogP contribution is -2.37. The number of carbonyl (C=O) groups excluding carboxylic acids is 1. The number of rotatable bonds is 3. The quantitative estimate of drug-likeness (QED) is 0.793. The van der Waals surface area contributed by atoms with Crippen molar-refractivity contribution in [1.82, 2.24) is 0 Å². The average molecular weight is 370 g/mol. The molecule has 1 amide bonds. The normalized spacial score (nSPS) is 26.5. The molecule has 0 aromatic heterocycles. The maximum atomic E-state index is 12.0. The van der Waals surface area contributed by atoms with Crippen molar-refractivity contribution < 1.29 is 22.7 Å². The highest BCUT2D eigenvalue weighted by Crippen LogP contribution is 2.42. The maximum Gasteiger partial charge on any atom is 0.244 e. The summed E-state index contributed by atoms with van der Waals surface area (Å²) in [6.45, 7) is 1.38. The number of methoxy groups -OCH3 is 2. The first kappa shape index (κ1) is 17.1. The highest BCUT2D eigenvalue weighted by molar-refractivity contribution is 8.16. The van der Waals surface area contributed by atoms with E-state index in [0.29, 0.717) is 16.7 Å². The lowest BCUT2D eigenvalue weighted by atomic mass is 10.2. The van der Waals surface area contributed by atoms with E-state index in [1.54, 1.807) is 19.2 Å². The maximum absolute atomic E-state index is 12.0. The van der Waals surface area contributed by atoms with Crippen LogP contribution < -0.4 is 14.4 Å². The van der Waals surface area contributed by atoms with Gasteiger partial charge in [0.05, 0.1) is 31.8 Å². The summed E-state index contributed by atoms with van der Waals surface area (Å²) in [6.07, 6.45) is 0. The van der Waals surface area contributed by atoms with Crippen LogP contribution in [0.2, 0.25) is 0 Å². The Morgan fingerprint density at radius 3 is 2.58 bits per heavy atom. The van der Waals surface area contributed by atoms with Crippen molar-refractivity contribution >= 4 is 38.4 Å². The molecule has 2 aliphatic rings. The molecule has 2 heterocycles. The summed E-state index contributed by atoms with van der Waals surface area (Å²) in [5.41, 5.74) is 0.727. The van der Waals surface area contributed by atoms with Crippen molar-refractivity contribution in [3.05, 3.63) is 18.2 Å². The van der Waals surface area contributed by atoms with Crippen LogP contribution in [0.15, 0.2) is 23.2 Å². The molecule has 2 atom stereocenters. The third kappa shape index (κ3) is 3.10. The zero-order valence-corrected chi connectivity index (χ0v) is 15.2. The zero-order valence-electron chi connectivity index (χ0n) is 13.6. The first-order chi connectivity index (χ1) is 11.3. The van der Waals surface area contributed by atoms with Crippen molar-refractivity contribution in [3.63, 3.8) is 0 Å². The Bertz CT molecular complexity index is 806. The van der Waals surface area contributed by atoms with Gasteiger partial charge in [-0.25, -0.2) is 8.42 Å². The molecular weight excluding hydrogens is 352 g/mol. The summed E-state index contributed by atoms with van der Waals surface area (Å²) in [7, 11) is -0.00265. The molecule has 1 aromatic carbocycles. The van der Waals surface area contributed by atoms with Gasteiger partial charge in [0, 0.05) is 23.9 Å². The van der Waals surface area contributed by atoms with Crippen molar-refractivity contribution in [2.75, 3.05) is 30.6 Å². The number of ether oxygens (including phenoxy) is 2. The van der Waals surface area contributed by atoms with Gasteiger partial charge in [0.15, 0.2) is 26.5 Å². The van der Waals surface area contributed by atoms with Gasteiger partial charge < -0.3 is 14.4 Å². The SMILES string of the molecule is COc1ccc(N2C(=NC(C)=O)S[C@H]3CS(=O)(=O)C[C@@H]32)cc1OC. The van der Waals surface area contributed by atoms with E-state index in [2.05, 4.69) is 4.99 Å². The Kier molecular flexibility index (Phi) is 4.48. The first-order valence-electron chi connectivity index (χ1n) is 7.32. The minimum Gasteiger partial charge on any atom is -0.493 e. The Labute approximate surface area is 144 Å². The van der Waals surface area contributed by atoms with Crippen LogP contribution in [0, 0.1) is 0 Å². The minimum absolute atomic E-state index is 0.0515. The second kappa shape index (κ2) is 6.29. The minimum atomic E-state index is -3.09. The van der Waals surface area contributed by atoms with Crippen LogP contribution in [0.25, 0.3) is 0 Å². The number of anilines is 1. The molecule has 2 fully saturated rings. The van der Waals surface area contributed by atoms with E-state index in [-0.39, 0.29) is 28.7 Å². The Morgan fingerprint density at radius 2 is 1.96 bits per heavy atom. The molecule has 0 N–H and O–H groups in total. The number of hydrogen-bond acceptors (Lipinski definition) is 6. The monoisotopic (exact) mass is 370 g/mol. The van der Waals surface area contributed by atoms with Crippen molar-refractivity contribution in [3.8, 4) is 11.5 Å². The lowest BCUT2D eigenvalue weighted by molar-refractivity contribution is -0.115. The van der Waals surface area contributed by atoms with Gasteiger partial charge in [-0.3, -0.25) is 4.79 Å². The van der Waals surface area contributed by atoms with Crippen LogP contribution in [0.4, 0.5) is 5.69 Å². The Balaban J connectivity index is 2.05. The predicted octanol–water partition coefficient (Wildman–Crippen LogP) is 1.33. The molecule has 0 radical (unpaired) electrons. The van der Waals surface area contributed by atoms with E-state index in [0.717, 1.165) is 5.69 Å². The van der Waals surface area contributed by atoms with Gasteiger partial charge in [-0.1, -0.05) is 11.8 Å². The standard InChI is InChI=1S/C15H18N2O5S2/c1-9(18)16-15-17(11-7-24(19,20)8-14(11)23-15)10-4-5-12(21-2)13(6-10)22-3/h4-6,11,14H,7-8H2,1-3H3/t11-,14-/m0/s1. The molecular formula is C15H18N2O5S2. The second-order valence-corrected chi connectivity index (χ2v) is 8.98. The van der Waals surface area contributed by atoms with Crippen LogP contribution in [0.3, 0.4) is 0 Å². The van der Waals surface area contributed by atoms with Crippen LogP contribution in [0.5, 0.6) is 11.5 Å². The van der Waals surface area contributed by atoms with Crippen LogP contribution in [-0.2, 0) is 14.6 Å². The van der Waals surface area contributed by atoms with E-state index in [1.807, 2.05) is 11.0 Å². The highest BCUT2D eigenvalue weighted by atomic mass is 32.2. The number of thioether (sulfide) groups is 1. The Hall–Kier alpha value is -1.74. The molecule has 0 aliphatic carbocycles. The first-order valence-corrected chi connectivity index (χ1v) is 10.0. The zero-order chi connectivity index (χ0) is 17.5. The summed E-state index contributed by atoms with van der Waals surface area (Å²) in [5.74, 6) is 0.949.